The summed E-state index contributed by atoms with van der Waals surface area (Å²) in [5.74, 6) is 1.10. The molecular weight excluding hydrogens is 248 g/mol. The minimum atomic E-state index is -0.210. The first-order chi connectivity index (χ1) is 6.68. The van der Waals surface area contributed by atoms with Crippen LogP contribution in [0.15, 0.2) is 27.9 Å². The number of hydrogen-bond donors (Lipinski definition) is 1. The number of rotatable bonds is 1. The Kier molecular flexibility index (Phi) is 2.20. The maximum absolute atomic E-state index is 11.3. The zero-order valence-electron chi connectivity index (χ0n) is 7.36. The molecule has 0 aromatic carbocycles. The van der Waals surface area contributed by atoms with Gasteiger partial charge in [0.15, 0.2) is 11.6 Å². The molecule has 14 heavy (non-hydrogen) atoms. The Labute approximate surface area is 88.0 Å². The topological polar surface area (TPSA) is 63.6 Å². The van der Waals surface area contributed by atoms with Crippen LogP contribution < -0.4 is 5.56 Å². The van der Waals surface area contributed by atoms with Crippen molar-refractivity contribution in [1.29, 1.82) is 0 Å². The van der Waals surface area contributed by atoms with Crippen LogP contribution in [0.2, 0.25) is 0 Å². The van der Waals surface area contributed by atoms with Crippen molar-refractivity contribution in [3.8, 4) is 11.6 Å². The van der Waals surface area contributed by atoms with Crippen LogP contribution in [0, 0.1) is 0 Å². The maximum atomic E-state index is 11.3. The minimum Gasteiger partial charge on any atom is -0.331 e. The average Bonchev–Trinajstić information content (AvgIpc) is 2.57. The predicted octanol–water partition coefficient (Wildman–Crippen LogP) is 0.933. The zero-order chi connectivity index (χ0) is 10.1. The van der Waals surface area contributed by atoms with E-state index in [2.05, 4.69) is 30.9 Å². The van der Waals surface area contributed by atoms with Gasteiger partial charge in [0, 0.05) is 25.6 Å². The Bertz CT molecular complexity index is 516. The second-order valence-electron chi connectivity index (χ2n) is 2.77. The highest BCUT2D eigenvalue weighted by Gasteiger charge is 2.06. The van der Waals surface area contributed by atoms with Gasteiger partial charge in [-0.3, -0.25) is 4.79 Å². The molecule has 2 heterocycles. The number of aryl methyl sites for hydroxylation is 1. The molecule has 2 aromatic rings. The van der Waals surface area contributed by atoms with Crippen LogP contribution in [0.1, 0.15) is 0 Å². The van der Waals surface area contributed by atoms with Gasteiger partial charge in [-0.2, -0.15) is 0 Å². The van der Waals surface area contributed by atoms with Crippen LogP contribution in [-0.4, -0.2) is 19.5 Å². The van der Waals surface area contributed by atoms with E-state index in [1.54, 1.807) is 17.0 Å². The van der Waals surface area contributed by atoms with Gasteiger partial charge in [-0.25, -0.2) is 9.97 Å². The smallest absolute Gasteiger partial charge is 0.265 e. The number of nitrogens with one attached hydrogen (secondary N) is 1. The van der Waals surface area contributed by atoms with Crippen LogP contribution in [0.5, 0.6) is 0 Å². The van der Waals surface area contributed by atoms with Gasteiger partial charge >= 0.3 is 0 Å². The molecule has 2 aromatic heterocycles. The molecule has 0 aliphatic heterocycles. The molecule has 0 atom stereocenters. The Morgan fingerprint density at radius 3 is 2.86 bits per heavy atom. The van der Waals surface area contributed by atoms with E-state index in [-0.39, 0.29) is 5.56 Å². The number of aromatic nitrogens is 4. The maximum Gasteiger partial charge on any atom is 0.265 e. The van der Waals surface area contributed by atoms with Gasteiger partial charge in [-0.1, -0.05) is 0 Å². The van der Waals surface area contributed by atoms with Gasteiger partial charge in [0.2, 0.25) is 0 Å². The lowest BCUT2D eigenvalue weighted by Crippen LogP contribution is -2.10. The van der Waals surface area contributed by atoms with Crippen molar-refractivity contribution in [1.82, 2.24) is 19.5 Å². The summed E-state index contributed by atoms with van der Waals surface area (Å²) in [5, 5.41) is 0. The second-order valence-corrected chi connectivity index (χ2v) is 3.62. The molecule has 0 radical (unpaired) electrons. The fourth-order valence-electron chi connectivity index (χ4n) is 1.09. The van der Waals surface area contributed by atoms with Crippen molar-refractivity contribution in [2.45, 2.75) is 0 Å². The van der Waals surface area contributed by atoms with E-state index >= 15 is 0 Å². The van der Waals surface area contributed by atoms with Gasteiger partial charge in [0.25, 0.3) is 5.56 Å². The number of halogens is 1. The van der Waals surface area contributed by atoms with Gasteiger partial charge < -0.3 is 9.55 Å². The highest BCUT2D eigenvalue weighted by Crippen LogP contribution is 2.09. The number of nitrogens with zero attached hydrogens (tertiary/aromatic N) is 3. The summed E-state index contributed by atoms with van der Waals surface area (Å²) in [6.45, 7) is 0. The third-order valence-corrected chi connectivity index (χ3v) is 2.35. The Morgan fingerprint density at radius 2 is 2.29 bits per heavy atom. The van der Waals surface area contributed by atoms with Crippen molar-refractivity contribution in [3.63, 3.8) is 0 Å². The zero-order valence-corrected chi connectivity index (χ0v) is 8.95. The van der Waals surface area contributed by atoms with E-state index in [0.717, 1.165) is 0 Å². The first-order valence-corrected chi connectivity index (χ1v) is 4.70. The molecule has 0 amide bonds. The molecule has 0 aliphatic rings. The number of imidazole rings is 1. The molecule has 2 rings (SSSR count). The fourth-order valence-corrected chi connectivity index (χ4v) is 1.29. The molecule has 0 unspecified atom stereocenters. The van der Waals surface area contributed by atoms with Gasteiger partial charge in [-0.05, 0) is 15.9 Å². The average molecular weight is 255 g/mol. The van der Waals surface area contributed by atoms with Crippen LogP contribution in [-0.2, 0) is 7.05 Å². The van der Waals surface area contributed by atoms with Crippen molar-refractivity contribution >= 4 is 15.9 Å². The molecule has 1 N–H and O–H groups in total. The third kappa shape index (κ3) is 1.48. The summed E-state index contributed by atoms with van der Waals surface area (Å²) in [5.41, 5.74) is -0.210. The van der Waals surface area contributed by atoms with Gasteiger partial charge in [0.1, 0.15) is 4.47 Å². The molecular formula is C8H7BrN4O. The summed E-state index contributed by atoms with van der Waals surface area (Å²) in [7, 11) is 1.84. The lowest BCUT2D eigenvalue weighted by Gasteiger charge is -1.99. The molecule has 5 nitrogen and oxygen atoms in total. The van der Waals surface area contributed by atoms with Gasteiger partial charge in [0.05, 0.1) is 0 Å². The molecule has 0 fully saturated rings. The number of aromatic amines is 1. The Hall–Kier alpha value is -1.43. The first kappa shape index (κ1) is 9.14. The van der Waals surface area contributed by atoms with E-state index < -0.39 is 0 Å². The van der Waals surface area contributed by atoms with E-state index in [1.807, 2.05) is 7.05 Å². The van der Waals surface area contributed by atoms with Crippen LogP contribution in [0.4, 0.5) is 0 Å². The van der Waals surface area contributed by atoms with Crippen molar-refractivity contribution in [2.75, 3.05) is 0 Å². The van der Waals surface area contributed by atoms with Crippen molar-refractivity contribution in [2.24, 2.45) is 7.05 Å². The molecule has 0 saturated carbocycles. The molecule has 6 heteroatoms. The molecule has 0 spiro atoms. The predicted molar refractivity (Wildman–Crippen MR) is 54.8 cm³/mol. The molecule has 0 bridgehead atoms. The normalized spacial score (nSPS) is 10.4. The molecule has 0 aliphatic carbocycles. The third-order valence-electron chi connectivity index (χ3n) is 1.79. The first-order valence-electron chi connectivity index (χ1n) is 3.91. The van der Waals surface area contributed by atoms with Crippen LogP contribution in [0.25, 0.3) is 11.6 Å². The standard InChI is InChI=1S/C8H7BrN4O/c1-13-3-2-10-7(13)6-11-4-5(9)8(14)12-6/h2-4H,1H3,(H,11,12,14). The molecule has 72 valence electrons. The number of H-pyrrole nitrogens is 1. The summed E-state index contributed by atoms with van der Waals surface area (Å²) in [6, 6.07) is 0. The van der Waals surface area contributed by atoms with E-state index in [4.69, 9.17) is 0 Å². The lowest BCUT2D eigenvalue weighted by molar-refractivity contribution is 0.902. The summed E-state index contributed by atoms with van der Waals surface area (Å²) in [6.07, 6.45) is 4.90. The highest BCUT2D eigenvalue weighted by molar-refractivity contribution is 9.10. The van der Waals surface area contributed by atoms with Crippen LogP contribution in [0.3, 0.4) is 0 Å². The SMILES string of the molecule is Cn1ccnc1-c1ncc(Br)c(=O)[nH]1. The minimum absolute atomic E-state index is 0.210. The summed E-state index contributed by atoms with van der Waals surface area (Å²) in [4.78, 5) is 22.0. The van der Waals surface area contributed by atoms with Gasteiger partial charge in [-0.15, -0.1) is 0 Å². The monoisotopic (exact) mass is 254 g/mol. The number of hydrogen-bond acceptors (Lipinski definition) is 3. The quantitative estimate of drug-likeness (QED) is 0.824. The van der Waals surface area contributed by atoms with E-state index in [1.165, 1.54) is 6.20 Å². The Balaban J connectivity index is 2.59. The highest BCUT2D eigenvalue weighted by atomic mass is 79.9. The van der Waals surface area contributed by atoms with E-state index in [0.29, 0.717) is 16.1 Å². The summed E-state index contributed by atoms with van der Waals surface area (Å²) < 4.78 is 2.20. The lowest BCUT2D eigenvalue weighted by atomic mass is 10.5. The van der Waals surface area contributed by atoms with Crippen molar-refractivity contribution in [3.05, 3.63) is 33.4 Å². The Morgan fingerprint density at radius 1 is 1.50 bits per heavy atom. The molecule has 0 saturated heterocycles. The van der Waals surface area contributed by atoms with Crippen LogP contribution >= 0.6 is 15.9 Å². The second kappa shape index (κ2) is 3.38. The fraction of sp³-hybridized carbons (Fsp3) is 0.125. The largest absolute Gasteiger partial charge is 0.331 e. The summed E-state index contributed by atoms with van der Waals surface area (Å²) >= 11 is 3.08. The van der Waals surface area contributed by atoms with Crippen molar-refractivity contribution < 1.29 is 0 Å². The van der Waals surface area contributed by atoms with E-state index in [9.17, 15) is 4.79 Å².